The summed E-state index contributed by atoms with van der Waals surface area (Å²) in [5, 5.41) is 20.6. The number of carboxylic acids is 1. The number of rotatable bonds is 2. The maximum absolute atomic E-state index is 11.8. The number of halogens is 2. The molecule has 0 aliphatic heterocycles. The first-order chi connectivity index (χ1) is 8.87. The third-order valence-corrected chi connectivity index (χ3v) is 4.73. The quantitative estimate of drug-likeness (QED) is 0.879. The van der Waals surface area contributed by atoms with E-state index >= 15 is 0 Å². The Morgan fingerprint density at radius 1 is 1.32 bits per heavy atom. The molecule has 5 heteroatoms. The second kappa shape index (κ2) is 5.31. The van der Waals surface area contributed by atoms with Gasteiger partial charge in [-0.15, -0.1) is 0 Å². The molecule has 2 rings (SSSR count). The minimum Gasteiger partial charge on any atom is -0.481 e. The van der Waals surface area contributed by atoms with E-state index in [1.165, 1.54) is 0 Å². The minimum atomic E-state index is -1.29. The van der Waals surface area contributed by atoms with E-state index in [0.717, 1.165) is 6.42 Å². The van der Waals surface area contributed by atoms with Crippen molar-refractivity contribution >= 4 is 29.2 Å². The predicted octanol–water partition coefficient (Wildman–Crippen LogP) is 3.50. The number of benzene rings is 1. The molecule has 1 fully saturated rings. The van der Waals surface area contributed by atoms with E-state index in [9.17, 15) is 15.0 Å². The lowest BCUT2D eigenvalue weighted by Crippen LogP contribution is -2.50. The minimum absolute atomic E-state index is 0.244. The molecule has 1 aliphatic rings. The topological polar surface area (TPSA) is 57.5 Å². The average Bonchev–Trinajstić information content (AvgIpc) is 2.35. The smallest absolute Gasteiger partial charge is 0.316 e. The van der Waals surface area contributed by atoms with Crippen molar-refractivity contribution in [3.05, 3.63) is 33.8 Å². The van der Waals surface area contributed by atoms with Gasteiger partial charge in [-0.2, -0.15) is 0 Å². The summed E-state index contributed by atoms with van der Waals surface area (Å²) in [7, 11) is 0. The van der Waals surface area contributed by atoms with Crippen LogP contribution < -0.4 is 0 Å². The maximum atomic E-state index is 11.8. The van der Waals surface area contributed by atoms with Gasteiger partial charge in [0.15, 0.2) is 0 Å². The summed E-state index contributed by atoms with van der Waals surface area (Å²) in [6.07, 6.45) is 0.811. The molecule has 3 atom stereocenters. The Balaban J connectivity index is 2.54. The highest BCUT2D eigenvalue weighted by Crippen LogP contribution is 2.43. The fourth-order valence-electron chi connectivity index (χ4n) is 2.91. The molecule has 0 aromatic heterocycles. The van der Waals surface area contributed by atoms with Gasteiger partial charge in [0.1, 0.15) is 5.41 Å². The molecule has 2 N–H and O–H groups in total. The van der Waals surface area contributed by atoms with Gasteiger partial charge in [0.2, 0.25) is 0 Å². The molecule has 1 aromatic carbocycles. The summed E-state index contributed by atoms with van der Waals surface area (Å²) in [5.74, 6) is -0.765. The number of hydrogen-bond donors (Lipinski definition) is 2. The van der Waals surface area contributed by atoms with Crippen LogP contribution in [0.3, 0.4) is 0 Å². The van der Waals surface area contributed by atoms with E-state index in [4.69, 9.17) is 23.2 Å². The van der Waals surface area contributed by atoms with E-state index in [-0.39, 0.29) is 5.92 Å². The van der Waals surface area contributed by atoms with Crippen LogP contribution in [0.15, 0.2) is 18.2 Å². The van der Waals surface area contributed by atoms with E-state index < -0.39 is 17.5 Å². The van der Waals surface area contributed by atoms with Crippen LogP contribution in [0, 0.1) is 5.92 Å². The Morgan fingerprint density at radius 3 is 2.58 bits per heavy atom. The highest BCUT2D eigenvalue weighted by atomic mass is 35.5. The van der Waals surface area contributed by atoms with E-state index in [1.807, 2.05) is 6.92 Å². The van der Waals surface area contributed by atoms with Gasteiger partial charge in [0, 0.05) is 0 Å². The summed E-state index contributed by atoms with van der Waals surface area (Å²) in [5.41, 5.74) is -0.764. The van der Waals surface area contributed by atoms with Gasteiger partial charge in [-0.3, -0.25) is 4.79 Å². The first-order valence-corrected chi connectivity index (χ1v) is 7.00. The van der Waals surface area contributed by atoms with Gasteiger partial charge in [-0.1, -0.05) is 36.2 Å². The van der Waals surface area contributed by atoms with Gasteiger partial charge < -0.3 is 10.2 Å². The summed E-state index contributed by atoms with van der Waals surface area (Å²) in [4.78, 5) is 11.8. The lowest BCUT2D eigenvalue weighted by molar-refractivity contribution is -0.152. The molecule has 0 bridgehead atoms. The highest BCUT2D eigenvalue weighted by Gasteiger charge is 2.50. The van der Waals surface area contributed by atoms with Crippen molar-refractivity contribution in [1.29, 1.82) is 0 Å². The summed E-state index contributed by atoms with van der Waals surface area (Å²) in [6.45, 7) is 2.00. The summed E-state index contributed by atoms with van der Waals surface area (Å²) >= 11 is 11.8. The van der Waals surface area contributed by atoms with Crippen LogP contribution in [0.25, 0.3) is 0 Å². The fourth-order valence-corrected chi connectivity index (χ4v) is 3.21. The number of aliphatic hydroxyl groups excluding tert-OH is 1. The van der Waals surface area contributed by atoms with Gasteiger partial charge in [0.25, 0.3) is 0 Å². The van der Waals surface area contributed by atoms with Crippen LogP contribution in [-0.4, -0.2) is 22.3 Å². The largest absolute Gasteiger partial charge is 0.481 e. The lowest BCUT2D eigenvalue weighted by Gasteiger charge is -2.41. The molecule has 19 heavy (non-hydrogen) atoms. The number of carbonyl (C=O) groups is 1. The highest BCUT2D eigenvalue weighted by molar-refractivity contribution is 6.42. The zero-order chi connectivity index (χ0) is 14.2. The molecule has 0 saturated heterocycles. The third-order valence-electron chi connectivity index (χ3n) is 3.99. The van der Waals surface area contributed by atoms with Gasteiger partial charge >= 0.3 is 5.97 Å². The van der Waals surface area contributed by atoms with Crippen molar-refractivity contribution in [1.82, 2.24) is 0 Å². The molecule has 1 aromatic rings. The van der Waals surface area contributed by atoms with Crippen LogP contribution in [0.5, 0.6) is 0 Å². The molecule has 0 spiro atoms. The molecule has 3 nitrogen and oxygen atoms in total. The second-order valence-electron chi connectivity index (χ2n) is 5.31. The van der Waals surface area contributed by atoms with Crippen LogP contribution in [0.2, 0.25) is 10.0 Å². The first kappa shape index (κ1) is 14.6. The van der Waals surface area contributed by atoms with Crippen molar-refractivity contribution in [2.45, 2.75) is 37.7 Å². The summed E-state index contributed by atoms with van der Waals surface area (Å²) < 4.78 is 0. The Morgan fingerprint density at radius 2 is 2.00 bits per heavy atom. The van der Waals surface area contributed by atoms with Crippen molar-refractivity contribution in [2.75, 3.05) is 0 Å². The van der Waals surface area contributed by atoms with E-state index in [1.54, 1.807) is 18.2 Å². The molecule has 3 unspecified atom stereocenters. The zero-order valence-corrected chi connectivity index (χ0v) is 12.1. The molecular weight excluding hydrogens is 287 g/mol. The molecule has 1 saturated carbocycles. The summed E-state index contributed by atoms with van der Waals surface area (Å²) in [6, 6.07) is 4.78. The van der Waals surface area contributed by atoms with Crippen LogP contribution in [0.4, 0.5) is 0 Å². The Bertz CT molecular complexity index is 503. The Labute approximate surface area is 122 Å². The molecule has 1 aliphatic carbocycles. The Kier molecular flexibility index (Phi) is 4.09. The normalized spacial score (nSPS) is 31.2. The third kappa shape index (κ3) is 2.47. The van der Waals surface area contributed by atoms with Gasteiger partial charge in [-0.05, 0) is 42.9 Å². The van der Waals surface area contributed by atoms with E-state index in [0.29, 0.717) is 28.5 Å². The average molecular weight is 303 g/mol. The maximum Gasteiger partial charge on any atom is 0.316 e. The van der Waals surface area contributed by atoms with Gasteiger partial charge in [-0.25, -0.2) is 0 Å². The first-order valence-electron chi connectivity index (χ1n) is 6.25. The second-order valence-corrected chi connectivity index (χ2v) is 6.12. The van der Waals surface area contributed by atoms with Crippen LogP contribution in [-0.2, 0) is 10.2 Å². The number of carboxylic acid groups (broad SMARTS) is 1. The predicted molar refractivity (Wildman–Crippen MR) is 74.8 cm³/mol. The van der Waals surface area contributed by atoms with Crippen molar-refractivity contribution in [3.8, 4) is 0 Å². The van der Waals surface area contributed by atoms with Crippen LogP contribution >= 0.6 is 23.2 Å². The van der Waals surface area contributed by atoms with Gasteiger partial charge in [0.05, 0.1) is 16.1 Å². The fraction of sp³-hybridized carbons (Fsp3) is 0.500. The monoisotopic (exact) mass is 302 g/mol. The number of aliphatic carboxylic acids is 1. The number of aliphatic hydroxyl groups is 1. The van der Waals surface area contributed by atoms with Crippen molar-refractivity contribution in [3.63, 3.8) is 0 Å². The molecule has 0 amide bonds. The zero-order valence-electron chi connectivity index (χ0n) is 10.6. The number of hydrogen-bond acceptors (Lipinski definition) is 2. The van der Waals surface area contributed by atoms with Crippen molar-refractivity contribution < 1.29 is 15.0 Å². The van der Waals surface area contributed by atoms with Crippen LogP contribution in [0.1, 0.15) is 31.7 Å². The standard InChI is InChI=1S/C14H16Cl2O3/c1-8-2-5-12(17)14(7-8,13(18)19)9-3-4-10(15)11(16)6-9/h3-4,6,8,12,17H,2,5,7H2,1H3,(H,18,19). The van der Waals surface area contributed by atoms with E-state index in [2.05, 4.69) is 0 Å². The molecular formula is C14H16Cl2O3. The lowest BCUT2D eigenvalue weighted by atomic mass is 9.64. The SMILES string of the molecule is CC1CCC(O)C(C(=O)O)(c2ccc(Cl)c(Cl)c2)C1. The Hall–Kier alpha value is -0.770. The molecule has 104 valence electrons. The molecule has 0 heterocycles. The van der Waals surface area contributed by atoms with Crippen molar-refractivity contribution in [2.24, 2.45) is 5.92 Å². The molecule has 0 radical (unpaired) electrons.